The maximum atomic E-state index is 12.9. The van der Waals surface area contributed by atoms with Gasteiger partial charge in [0.05, 0.1) is 17.8 Å². The fourth-order valence-electron chi connectivity index (χ4n) is 0.770. The maximum Gasteiger partial charge on any atom is 0.309 e. The van der Waals surface area contributed by atoms with E-state index in [0.717, 1.165) is 0 Å². The third-order valence-electron chi connectivity index (χ3n) is 1.31. The Hall–Kier alpha value is -1.65. The minimum Gasteiger partial charge on any atom is -0.481 e. The van der Waals surface area contributed by atoms with Gasteiger partial charge in [-0.3, -0.25) is 9.78 Å². The molecule has 0 atom stereocenters. The van der Waals surface area contributed by atoms with Gasteiger partial charge in [-0.1, -0.05) is 0 Å². The highest BCUT2D eigenvalue weighted by Crippen LogP contribution is 2.11. The number of halogens is 1. The zero-order chi connectivity index (χ0) is 9.14. The van der Waals surface area contributed by atoms with Gasteiger partial charge in [0.25, 0.3) is 0 Å². The van der Waals surface area contributed by atoms with Crippen LogP contribution in [-0.4, -0.2) is 16.1 Å². The second kappa shape index (κ2) is 3.17. The van der Waals surface area contributed by atoms with Crippen molar-refractivity contribution in [3.05, 3.63) is 23.8 Å². The molecule has 64 valence electrons. The van der Waals surface area contributed by atoms with E-state index in [-0.39, 0.29) is 11.4 Å². The van der Waals surface area contributed by atoms with Gasteiger partial charge in [-0.25, -0.2) is 4.39 Å². The molecule has 0 saturated heterocycles. The summed E-state index contributed by atoms with van der Waals surface area (Å²) in [6.45, 7) is 0. The zero-order valence-corrected chi connectivity index (χ0v) is 6.12. The first-order valence-corrected chi connectivity index (χ1v) is 3.22. The Morgan fingerprint density at radius 1 is 1.75 bits per heavy atom. The lowest BCUT2D eigenvalue weighted by Gasteiger charge is -2.00. The van der Waals surface area contributed by atoms with Crippen LogP contribution in [0.15, 0.2) is 12.3 Å². The van der Waals surface area contributed by atoms with Crippen molar-refractivity contribution >= 4 is 11.7 Å². The summed E-state index contributed by atoms with van der Waals surface area (Å²) >= 11 is 0. The van der Waals surface area contributed by atoms with Crippen LogP contribution in [0, 0.1) is 5.82 Å². The van der Waals surface area contributed by atoms with E-state index in [1.165, 1.54) is 12.3 Å². The molecule has 5 heteroatoms. The number of hydrogen-bond acceptors (Lipinski definition) is 3. The molecule has 1 aromatic heterocycles. The quantitative estimate of drug-likeness (QED) is 0.674. The van der Waals surface area contributed by atoms with E-state index >= 15 is 0 Å². The molecule has 0 bridgehead atoms. The first kappa shape index (κ1) is 8.45. The van der Waals surface area contributed by atoms with E-state index in [4.69, 9.17) is 10.8 Å². The van der Waals surface area contributed by atoms with Crippen molar-refractivity contribution in [2.24, 2.45) is 0 Å². The van der Waals surface area contributed by atoms with Crippen LogP contribution in [0.4, 0.5) is 10.1 Å². The number of carbonyl (C=O) groups is 1. The van der Waals surface area contributed by atoms with Gasteiger partial charge in [-0.15, -0.1) is 0 Å². The van der Waals surface area contributed by atoms with Gasteiger partial charge in [-0.2, -0.15) is 0 Å². The summed E-state index contributed by atoms with van der Waals surface area (Å²) in [4.78, 5) is 13.7. The van der Waals surface area contributed by atoms with E-state index in [2.05, 4.69) is 4.98 Å². The fourth-order valence-corrected chi connectivity index (χ4v) is 0.770. The summed E-state index contributed by atoms with van der Waals surface area (Å²) in [5.74, 6) is -1.88. The molecular formula is C7H7FN2O2. The first-order valence-electron chi connectivity index (χ1n) is 3.22. The van der Waals surface area contributed by atoms with Gasteiger partial charge in [0.2, 0.25) is 0 Å². The number of nitrogens with zero attached hydrogens (tertiary/aromatic N) is 1. The molecule has 0 saturated carbocycles. The largest absolute Gasteiger partial charge is 0.481 e. The molecule has 1 heterocycles. The minimum absolute atomic E-state index is 0.0822. The molecule has 0 aromatic carbocycles. The number of anilines is 1. The molecule has 0 fully saturated rings. The summed E-state index contributed by atoms with van der Waals surface area (Å²) in [5, 5.41) is 8.33. The van der Waals surface area contributed by atoms with Crippen LogP contribution in [0.1, 0.15) is 5.69 Å². The molecule has 0 spiro atoms. The highest BCUT2D eigenvalue weighted by atomic mass is 19.1. The number of nitrogens with two attached hydrogens (primary N) is 1. The number of carboxylic acid groups (broad SMARTS) is 1. The summed E-state index contributed by atoms with van der Waals surface area (Å²) in [5.41, 5.74) is 4.97. The van der Waals surface area contributed by atoms with Crippen LogP contribution < -0.4 is 5.73 Å². The molecule has 0 unspecified atom stereocenters. The highest BCUT2D eigenvalue weighted by Gasteiger charge is 2.09. The lowest BCUT2D eigenvalue weighted by atomic mass is 10.2. The van der Waals surface area contributed by atoms with Crippen LogP contribution >= 0.6 is 0 Å². The third-order valence-corrected chi connectivity index (χ3v) is 1.31. The van der Waals surface area contributed by atoms with Crippen LogP contribution in [-0.2, 0) is 11.2 Å². The fraction of sp³-hybridized carbons (Fsp3) is 0.143. The van der Waals surface area contributed by atoms with Gasteiger partial charge in [0, 0.05) is 6.20 Å². The number of aromatic nitrogens is 1. The Balaban J connectivity index is 3.00. The van der Waals surface area contributed by atoms with Gasteiger partial charge in [0.1, 0.15) is 0 Å². The van der Waals surface area contributed by atoms with E-state index in [1.54, 1.807) is 0 Å². The number of carboxylic acids is 1. The van der Waals surface area contributed by atoms with Gasteiger partial charge in [-0.05, 0) is 6.07 Å². The average molecular weight is 170 g/mol. The second-order valence-electron chi connectivity index (χ2n) is 2.23. The lowest BCUT2D eigenvalue weighted by Crippen LogP contribution is -2.06. The van der Waals surface area contributed by atoms with Crippen molar-refractivity contribution < 1.29 is 14.3 Å². The van der Waals surface area contributed by atoms with E-state index in [1.807, 2.05) is 0 Å². The molecule has 0 radical (unpaired) electrons. The standard InChI is InChI=1S/C7H7FN2O2/c8-7-4(9)1-2-10-5(7)3-6(11)12/h1-2H,3H2,(H2,9,10)(H,11,12). The maximum absolute atomic E-state index is 12.9. The zero-order valence-electron chi connectivity index (χ0n) is 6.12. The van der Waals surface area contributed by atoms with E-state index in [9.17, 15) is 9.18 Å². The molecule has 0 aliphatic rings. The van der Waals surface area contributed by atoms with Gasteiger partial charge < -0.3 is 10.8 Å². The number of hydrogen-bond donors (Lipinski definition) is 2. The summed E-state index contributed by atoms with van der Waals surface area (Å²) < 4.78 is 12.9. The Kier molecular flexibility index (Phi) is 2.23. The summed E-state index contributed by atoms with van der Waals surface area (Å²) in [6.07, 6.45) is 0.827. The number of nitrogen functional groups attached to an aromatic ring is 1. The van der Waals surface area contributed by atoms with Crippen molar-refractivity contribution in [3.8, 4) is 0 Å². The monoisotopic (exact) mass is 170 g/mol. The van der Waals surface area contributed by atoms with Crippen LogP contribution in [0.5, 0.6) is 0 Å². The minimum atomic E-state index is -1.13. The average Bonchev–Trinajstić information content (AvgIpc) is 1.98. The smallest absolute Gasteiger partial charge is 0.309 e. The Bertz CT molecular complexity index is 314. The topological polar surface area (TPSA) is 76.2 Å². The predicted molar refractivity (Wildman–Crippen MR) is 39.9 cm³/mol. The van der Waals surface area contributed by atoms with E-state index < -0.39 is 18.2 Å². The van der Waals surface area contributed by atoms with Crippen LogP contribution in [0.25, 0.3) is 0 Å². The normalized spacial score (nSPS) is 9.75. The van der Waals surface area contributed by atoms with Crippen molar-refractivity contribution in [2.45, 2.75) is 6.42 Å². The van der Waals surface area contributed by atoms with Gasteiger partial charge in [0.15, 0.2) is 5.82 Å². The molecule has 0 amide bonds. The highest BCUT2D eigenvalue weighted by molar-refractivity contribution is 5.70. The first-order chi connectivity index (χ1) is 5.61. The molecule has 1 aromatic rings. The Morgan fingerprint density at radius 2 is 2.42 bits per heavy atom. The Labute approximate surface area is 67.8 Å². The summed E-state index contributed by atoms with van der Waals surface area (Å²) in [7, 11) is 0. The van der Waals surface area contributed by atoms with Gasteiger partial charge >= 0.3 is 5.97 Å². The van der Waals surface area contributed by atoms with Crippen LogP contribution in [0.2, 0.25) is 0 Å². The molecule has 0 aliphatic carbocycles. The second-order valence-corrected chi connectivity index (χ2v) is 2.23. The van der Waals surface area contributed by atoms with E-state index in [0.29, 0.717) is 0 Å². The SMILES string of the molecule is Nc1ccnc(CC(=O)O)c1F. The molecular weight excluding hydrogens is 163 g/mol. The Morgan fingerprint density at radius 3 is 3.00 bits per heavy atom. The third kappa shape index (κ3) is 1.69. The molecule has 12 heavy (non-hydrogen) atoms. The number of rotatable bonds is 2. The van der Waals surface area contributed by atoms with Crippen molar-refractivity contribution in [1.82, 2.24) is 4.98 Å². The molecule has 0 aliphatic heterocycles. The molecule has 1 rings (SSSR count). The van der Waals surface area contributed by atoms with Crippen molar-refractivity contribution in [1.29, 1.82) is 0 Å². The predicted octanol–water partition coefficient (Wildman–Crippen LogP) is 0.430. The van der Waals surface area contributed by atoms with Crippen LogP contribution in [0.3, 0.4) is 0 Å². The summed E-state index contributed by atoms with van der Waals surface area (Å²) in [6, 6.07) is 1.28. The van der Waals surface area contributed by atoms with Crippen molar-refractivity contribution in [3.63, 3.8) is 0 Å². The number of pyridine rings is 1. The molecule has 4 nitrogen and oxygen atoms in total. The molecule has 3 N–H and O–H groups in total. The van der Waals surface area contributed by atoms with Crippen molar-refractivity contribution in [2.75, 3.05) is 5.73 Å². The number of aliphatic carboxylic acids is 1. The lowest BCUT2D eigenvalue weighted by molar-refractivity contribution is -0.136.